The van der Waals surface area contributed by atoms with E-state index in [0.29, 0.717) is 29.9 Å². The number of para-hydroxylation sites is 1. The Morgan fingerprint density at radius 1 is 1.00 bits per heavy atom. The molecule has 2 aromatic carbocycles. The molecule has 0 unspecified atom stereocenters. The molecule has 0 aliphatic heterocycles. The largest absolute Gasteiger partial charge is 0.421 e. The molecular formula is C22H16N2O4. The Labute approximate surface area is 159 Å². The van der Waals surface area contributed by atoms with Crippen molar-refractivity contribution in [3.8, 4) is 11.3 Å². The summed E-state index contributed by atoms with van der Waals surface area (Å²) >= 11 is 0. The maximum Gasteiger partial charge on any atom is 0.360 e. The molecule has 0 spiro atoms. The number of benzene rings is 2. The molecule has 28 heavy (non-hydrogen) atoms. The van der Waals surface area contributed by atoms with Gasteiger partial charge < -0.3 is 14.3 Å². The molecule has 1 fully saturated rings. The van der Waals surface area contributed by atoms with E-state index >= 15 is 0 Å². The van der Waals surface area contributed by atoms with Crippen LogP contribution < -0.4 is 10.9 Å². The minimum atomic E-state index is -0.769. The molecule has 0 atom stereocenters. The molecule has 1 N–H and O–H groups in total. The lowest BCUT2D eigenvalue weighted by Crippen LogP contribution is -2.30. The molecule has 0 saturated heterocycles. The summed E-state index contributed by atoms with van der Waals surface area (Å²) in [7, 11) is 0. The molecule has 4 aromatic rings. The summed E-state index contributed by atoms with van der Waals surface area (Å²) in [6, 6.07) is 20.2. The van der Waals surface area contributed by atoms with Crippen LogP contribution in [-0.2, 0) is 10.2 Å². The van der Waals surface area contributed by atoms with Gasteiger partial charge in [0.25, 0.3) is 0 Å². The predicted molar refractivity (Wildman–Crippen MR) is 104 cm³/mol. The van der Waals surface area contributed by atoms with Crippen LogP contribution in [0.25, 0.3) is 22.3 Å². The van der Waals surface area contributed by atoms with Crippen LogP contribution in [0.1, 0.15) is 18.5 Å². The van der Waals surface area contributed by atoms with Crippen molar-refractivity contribution >= 4 is 22.6 Å². The number of anilines is 1. The SMILES string of the molecule is O=C(Nc1cc2ccccc2oc1=O)C1(c2cc(-c3ccccc3)on2)CC1. The number of hydrogen-bond donors (Lipinski definition) is 1. The topological polar surface area (TPSA) is 85.3 Å². The summed E-state index contributed by atoms with van der Waals surface area (Å²) in [6.07, 6.45) is 1.30. The maximum absolute atomic E-state index is 13.0. The molecule has 1 aliphatic rings. The van der Waals surface area contributed by atoms with E-state index in [0.717, 1.165) is 10.9 Å². The first-order valence-electron chi connectivity index (χ1n) is 9.03. The zero-order valence-corrected chi connectivity index (χ0v) is 14.8. The fraction of sp³-hybridized carbons (Fsp3) is 0.136. The minimum absolute atomic E-state index is 0.127. The molecule has 5 rings (SSSR count). The van der Waals surface area contributed by atoms with Gasteiger partial charge >= 0.3 is 5.63 Å². The Morgan fingerprint density at radius 3 is 2.54 bits per heavy atom. The summed E-state index contributed by atoms with van der Waals surface area (Å²) in [5.74, 6) is 0.336. The van der Waals surface area contributed by atoms with Gasteiger partial charge in [-0.25, -0.2) is 4.79 Å². The van der Waals surface area contributed by atoms with E-state index in [2.05, 4.69) is 10.5 Å². The van der Waals surface area contributed by atoms with Crippen LogP contribution in [0.5, 0.6) is 0 Å². The zero-order valence-electron chi connectivity index (χ0n) is 14.8. The van der Waals surface area contributed by atoms with Gasteiger partial charge in [-0.3, -0.25) is 4.79 Å². The Hall–Kier alpha value is -3.67. The van der Waals surface area contributed by atoms with Crippen LogP contribution in [0.4, 0.5) is 5.69 Å². The Kier molecular flexibility index (Phi) is 3.65. The van der Waals surface area contributed by atoms with Crippen molar-refractivity contribution in [1.82, 2.24) is 5.16 Å². The normalized spacial score (nSPS) is 14.7. The van der Waals surface area contributed by atoms with Crippen LogP contribution in [0.3, 0.4) is 0 Å². The van der Waals surface area contributed by atoms with E-state index in [1.165, 1.54) is 0 Å². The summed E-state index contributed by atoms with van der Waals surface area (Å²) in [5.41, 5.74) is 0.737. The number of aromatic nitrogens is 1. The maximum atomic E-state index is 13.0. The average molecular weight is 372 g/mol. The van der Waals surface area contributed by atoms with Crippen LogP contribution in [0.2, 0.25) is 0 Å². The van der Waals surface area contributed by atoms with E-state index in [9.17, 15) is 9.59 Å². The summed E-state index contributed by atoms with van der Waals surface area (Å²) in [4.78, 5) is 25.2. The van der Waals surface area contributed by atoms with Crippen LogP contribution in [-0.4, -0.2) is 11.1 Å². The lowest BCUT2D eigenvalue weighted by Gasteiger charge is -2.12. The monoisotopic (exact) mass is 372 g/mol. The highest BCUT2D eigenvalue weighted by atomic mass is 16.5. The lowest BCUT2D eigenvalue weighted by molar-refractivity contribution is -0.118. The lowest BCUT2D eigenvalue weighted by atomic mass is 10.00. The third-order valence-electron chi connectivity index (χ3n) is 5.13. The molecule has 1 amide bonds. The number of rotatable bonds is 4. The average Bonchev–Trinajstić information content (AvgIpc) is 3.39. The molecule has 0 bridgehead atoms. The predicted octanol–water partition coefficient (Wildman–Crippen LogP) is 4.12. The number of carbonyl (C=O) groups is 1. The zero-order chi connectivity index (χ0) is 19.1. The number of nitrogens with one attached hydrogen (secondary N) is 1. The van der Waals surface area contributed by atoms with Crippen LogP contribution in [0, 0.1) is 0 Å². The fourth-order valence-corrected chi connectivity index (χ4v) is 3.35. The highest BCUT2D eigenvalue weighted by Crippen LogP contribution is 2.49. The van der Waals surface area contributed by atoms with Crippen molar-refractivity contribution in [1.29, 1.82) is 0 Å². The Balaban J connectivity index is 1.44. The second-order valence-corrected chi connectivity index (χ2v) is 6.96. The smallest absolute Gasteiger partial charge is 0.360 e. The molecule has 6 nitrogen and oxygen atoms in total. The third-order valence-corrected chi connectivity index (χ3v) is 5.13. The van der Waals surface area contributed by atoms with Gasteiger partial charge in [-0.15, -0.1) is 0 Å². The fourth-order valence-electron chi connectivity index (χ4n) is 3.35. The third kappa shape index (κ3) is 2.70. The number of carbonyl (C=O) groups excluding carboxylic acids is 1. The van der Waals surface area contributed by atoms with E-state index in [1.54, 1.807) is 24.3 Å². The quantitative estimate of drug-likeness (QED) is 0.545. The number of amides is 1. The van der Waals surface area contributed by atoms with Crippen molar-refractivity contribution in [3.63, 3.8) is 0 Å². The molecule has 2 heterocycles. The van der Waals surface area contributed by atoms with Crippen molar-refractivity contribution in [2.75, 3.05) is 5.32 Å². The molecule has 1 saturated carbocycles. The first-order chi connectivity index (χ1) is 13.7. The van der Waals surface area contributed by atoms with Gasteiger partial charge in [-0.1, -0.05) is 53.7 Å². The second kappa shape index (κ2) is 6.20. The standard InChI is InChI=1S/C22H16N2O4/c25-20-16(12-15-8-4-5-9-17(15)27-20)23-21(26)22(10-11-22)19-13-18(28-24-19)14-6-2-1-3-7-14/h1-9,12-13H,10-11H2,(H,23,26). The Bertz CT molecular complexity index is 1240. The van der Waals surface area contributed by atoms with E-state index in [-0.39, 0.29) is 11.6 Å². The van der Waals surface area contributed by atoms with Crippen molar-refractivity contribution < 1.29 is 13.7 Å². The summed E-state index contributed by atoms with van der Waals surface area (Å²) < 4.78 is 10.7. The van der Waals surface area contributed by atoms with E-state index < -0.39 is 11.0 Å². The Morgan fingerprint density at radius 2 is 1.75 bits per heavy atom. The molecule has 0 radical (unpaired) electrons. The van der Waals surface area contributed by atoms with Gasteiger partial charge in [-0.05, 0) is 25.0 Å². The van der Waals surface area contributed by atoms with Crippen molar-refractivity contribution in [3.05, 3.63) is 82.8 Å². The summed E-state index contributed by atoms with van der Waals surface area (Å²) in [6.45, 7) is 0. The van der Waals surface area contributed by atoms with E-state index in [1.807, 2.05) is 42.5 Å². The van der Waals surface area contributed by atoms with Gasteiger partial charge in [0.2, 0.25) is 5.91 Å². The molecule has 2 aromatic heterocycles. The van der Waals surface area contributed by atoms with Gasteiger partial charge in [0.15, 0.2) is 5.76 Å². The molecule has 1 aliphatic carbocycles. The minimum Gasteiger partial charge on any atom is -0.421 e. The van der Waals surface area contributed by atoms with Crippen molar-refractivity contribution in [2.24, 2.45) is 0 Å². The molecule has 138 valence electrons. The second-order valence-electron chi connectivity index (χ2n) is 6.96. The molecule has 6 heteroatoms. The highest BCUT2D eigenvalue weighted by Gasteiger charge is 2.54. The number of hydrogen-bond acceptors (Lipinski definition) is 5. The van der Waals surface area contributed by atoms with Gasteiger partial charge in [0, 0.05) is 17.0 Å². The van der Waals surface area contributed by atoms with Crippen LogP contribution in [0.15, 0.2) is 80.5 Å². The van der Waals surface area contributed by atoms with Crippen molar-refractivity contribution in [2.45, 2.75) is 18.3 Å². The number of nitrogens with zero attached hydrogens (tertiary/aromatic N) is 1. The van der Waals surface area contributed by atoms with E-state index in [4.69, 9.17) is 8.94 Å². The molecular weight excluding hydrogens is 356 g/mol. The number of fused-ring (bicyclic) bond motifs is 1. The summed E-state index contributed by atoms with van der Waals surface area (Å²) in [5, 5.41) is 7.60. The van der Waals surface area contributed by atoms with Gasteiger partial charge in [0.1, 0.15) is 11.3 Å². The van der Waals surface area contributed by atoms with Gasteiger partial charge in [0.05, 0.1) is 11.1 Å². The first-order valence-corrected chi connectivity index (χ1v) is 9.03. The van der Waals surface area contributed by atoms with Crippen LogP contribution >= 0.6 is 0 Å². The highest BCUT2D eigenvalue weighted by molar-refractivity contribution is 6.01. The first kappa shape index (κ1) is 16.5. The van der Waals surface area contributed by atoms with Gasteiger partial charge in [-0.2, -0.15) is 0 Å².